The summed E-state index contributed by atoms with van der Waals surface area (Å²) in [5.74, 6) is -1.28. The summed E-state index contributed by atoms with van der Waals surface area (Å²) in [6.07, 6.45) is 2.09. The maximum Gasteiger partial charge on any atom is 0.325 e. The smallest absolute Gasteiger partial charge is 0.325 e. The first-order valence-corrected chi connectivity index (χ1v) is 4.73. The van der Waals surface area contributed by atoms with Crippen molar-refractivity contribution in [2.24, 2.45) is 0 Å². The van der Waals surface area contributed by atoms with Gasteiger partial charge in [0.25, 0.3) is 0 Å². The molecule has 0 aliphatic carbocycles. The van der Waals surface area contributed by atoms with E-state index in [1.165, 1.54) is 6.92 Å². The predicted molar refractivity (Wildman–Crippen MR) is 48.8 cm³/mol. The highest BCUT2D eigenvalue weighted by Gasteiger charge is 2.21. The van der Waals surface area contributed by atoms with Gasteiger partial charge in [-0.1, -0.05) is 0 Å². The molecule has 1 amide bonds. The van der Waals surface area contributed by atoms with E-state index < -0.39 is 12.0 Å². The number of hydrogen-bond donors (Lipinski definition) is 2. The minimum Gasteiger partial charge on any atom is -0.480 e. The average molecular weight is 201 g/mol. The standard InChI is InChI=1S/C9H15NO4/c1-6(9(12)13)10-8(11)5-7-3-2-4-14-7/h6-7H,2-5H2,1H3,(H,10,11)(H,12,13). The highest BCUT2D eigenvalue weighted by molar-refractivity contribution is 5.83. The van der Waals surface area contributed by atoms with Crippen molar-refractivity contribution in [3.05, 3.63) is 0 Å². The molecule has 1 heterocycles. The third-order valence-electron chi connectivity index (χ3n) is 2.18. The van der Waals surface area contributed by atoms with Gasteiger partial charge >= 0.3 is 5.97 Å². The Balaban J connectivity index is 2.24. The number of rotatable bonds is 4. The number of aliphatic carboxylic acids is 1. The van der Waals surface area contributed by atoms with Crippen molar-refractivity contribution >= 4 is 11.9 Å². The molecule has 1 aliphatic rings. The number of carboxylic acids is 1. The quantitative estimate of drug-likeness (QED) is 0.678. The molecule has 5 heteroatoms. The molecule has 0 spiro atoms. The van der Waals surface area contributed by atoms with Gasteiger partial charge in [0.05, 0.1) is 12.5 Å². The van der Waals surface area contributed by atoms with Gasteiger partial charge in [0.2, 0.25) is 5.91 Å². The fourth-order valence-corrected chi connectivity index (χ4v) is 1.37. The van der Waals surface area contributed by atoms with E-state index in [2.05, 4.69) is 5.32 Å². The molecule has 0 aromatic heterocycles. The first-order valence-electron chi connectivity index (χ1n) is 4.73. The third kappa shape index (κ3) is 3.33. The highest BCUT2D eigenvalue weighted by atomic mass is 16.5. The number of amides is 1. The second kappa shape index (κ2) is 4.95. The summed E-state index contributed by atoms with van der Waals surface area (Å²) >= 11 is 0. The fraction of sp³-hybridized carbons (Fsp3) is 0.778. The molecular weight excluding hydrogens is 186 g/mol. The Kier molecular flexibility index (Phi) is 3.88. The molecule has 0 radical (unpaired) electrons. The first-order chi connectivity index (χ1) is 6.59. The Labute approximate surface area is 82.4 Å². The van der Waals surface area contributed by atoms with E-state index in [0.29, 0.717) is 6.61 Å². The maximum atomic E-state index is 11.3. The van der Waals surface area contributed by atoms with Gasteiger partial charge in [-0.2, -0.15) is 0 Å². The Morgan fingerprint density at radius 3 is 2.86 bits per heavy atom. The van der Waals surface area contributed by atoms with Crippen LogP contribution >= 0.6 is 0 Å². The van der Waals surface area contributed by atoms with E-state index in [-0.39, 0.29) is 18.4 Å². The molecule has 0 aromatic rings. The van der Waals surface area contributed by atoms with Crippen LogP contribution in [0.2, 0.25) is 0 Å². The zero-order valence-corrected chi connectivity index (χ0v) is 8.16. The Hall–Kier alpha value is -1.10. The van der Waals surface area contributed by atoms with Crippen LogP contribution in [0.25, 0.3) is 0 Å². The number of hydrogen-bond acceptors (Lipinski definition) is 3. The SMILES string of the molecule is CC(NC(=O)CC1CCCO1)C(=O)O. The zero-order chi connectivity index (χ0) is 10.6. The van der Waals surface area contributed by atoms with Crippen LogP contribution in [-0.4, -0.2) is 35.7 Å². The number of carbonyl (C=O) groups is 2. The lowest BCUT2D eigenvalue weighted by Gasteiger charge is -2.12. The molecule has 0 saturated carbocycles. The normalized spacial score (nSPS) is 23.1. The minimum absolute atomic E-state index is 0.0315. The lowest BCUT2D eigenvalue weighted by atomic mass is 10.1. The van der Waals surface area contributed by atoms with E-state index in [4.69, 9.17) is 9.84 Å². The summed E-state index contributed by atoms with van der Waals surface area (Å²) in [7, 11) is 0. The molecule has 1 rings (SSSR count). The Morgan fingerprint density at radius 1 is 1.64 bits per heavy atom. The van der Waals surface area contributed by atoms with Gasteiger partial charge in [0.15, 0.2) is 0 Å². The van der Waals surface area contributed by atoms with E-state index >= 15 is 0 Å². The third-order valence-corrected chi connectivity index (χ3v) is 2.18. The maximum absolute atomic E-state index is 11.3. The number of ether oxygens (including phenoxy) is 1. The summed E-state index contributed by atoms with van der Waals surface area (Å²) in [6, 6.07) is -0.830. The summed E-state index contributed by atoms with van der Waals surface area (Å²) in [4.78, 5) is 21.7. The zero-order valence-electron chi connectivity index (χ0n) is 8.16. The van der Waals surface area contributed by atoms with E-state index in [1.54, 1.807) is 0 Å². The molecule has 0 bridgehead atoms. The Morgan fingerprint density at radius 2 is 2.36 bits per heavy atom. The van der Waals surface area contributed by atoms with Crippen molar-refractivity contribution in [2.75, 3.05) is 6.61 Å². The van der Waals surface area contributed by atoms with Gasteiger partial charge in [-0.25, -0.2) is 0 Å². The van der Waals surface area contributed by atoms with Crippen molar-refractivity contribution in [1.82, 2.24) is 5.32 Å². The summed E-state index contributed by atoms with van der Waals surface area (Å²) in [5.41, 5.74) is 0. The van der Waals surface area contributed by atoms with Gasteiger partial charge in [-0.15, -0.1) is 0 Å². The second-order valence-corrected chi connectivity index (χ2v) is 3.47. The van der Waals surface area contributed by atoms with Crippen molar-refractivity contribution < 1.29 is 19.4 Å². The van der Waals surface area contributed by atoms with Crippen molar-refractivity contribution in [3.8, 4) is 0 Å². The largest absolute Gasteiger partial charge is 0.480 e. The van der Waals surface area contributed by atoms with Gasteiger partial charge < -0.3 is 15.2 Å². The monoisotopic (exact) mass is 201 g/mol. The molecule has 2 atom stereocenters. The second-order valence-electron chi connectivity index (χ2n) is 3.47. The molecule has 1 aliphatic heterocycles. The average Bonchev–Trinajstić information content (AvgIpc) is 2.56. The lowest BCUT2D eigenvalue weighted by Crippen LogP contribution is -2.39. The van der Waals surface area contributed by atoms with Crippen LogP contribution in [0.1, 0.15) is 26.2 Å². The predicted octanol–water partition coefficient (Wildman–Crippen LogP) is 0.145. The molecule has 14 heavy (non-hydrogen) atoms. The molecular formula is C9H15NO4. The minimum atomic E-state index is -1.02. The highest BCUT2D eigenvalue weighted by Crippen LogP contribution is 2.14. The van der Waals surface area contributed by atoms with Gasteiger partial charge in [-0.3, -0.25) is 9.59 Å². The van der Waals surface area contributed by atoms with Crippen molar-refractivity contribution in [1.29, 1.82) is 0 Å². The van der Waals surface area contributed by atoms with Crippen molar-refractivity contribution in [2.45, 2.75) is 38.3 Å². The number of carbonyl (C=O) groups excluding carboxylic acids is 1. The van der Waals surface area contributed by atoms with Crippen molar-refractivity contribution in [3.63, 3.8) is 0 Å². The van der Waals surface area contributed by atoms with Gasteiger partial charge in [0, 0.05) is 6.61 Å². The van der Waals surface area contributed by atoms with Gasteiger partial charge in [-0.05, 0) is 19.8 Å². The van der Waals surface area contributed by atoms with Crippen LogP contribution in [0.15, 0.2) is 0 Å². The molecule has 0 aromatic carbocycles. The van der Waals surface area contributed by atoms with Crippen LogP contribution < -0.4 is 5.32 Å². The van der Waals surface area contributed by atoms with Crippen LogP contribution in [0.5, 0.6) is 0 Å². The van der Waals surface area contributed by atoms with E-state index in [0.717, 1.165) is 12.8 Å². The van der Waals surface area contributed by atoms with Crippen LogP contribution in [0.4, 0.5) is 0 Å². The fourth-order valence-electron chi connectivity index (χ4n) is 1.37. The summed E-state index contributed by atoms with van der Waals surface area (Å²) in [6.45, 7) is 2.14. The summed E-state index contributed by atoms with van der Waals surface area (Å²) < 4.78 is 5.26. The van der Waals surface area contributed by atoms with Crippen LogP contribution in [0, 0.1) is 0 Å². The van der Waals surface area contributed by atoms with E-state index in [9.17, 15) is 9.59 Å². The molecule has 1 saturated heterocycles. The molecule has 1 fully saturated rings. The van der Waals surface area contributed by atoms with Crippen LogP contribution in [-0.2, 0) is 14.3 Å². The molecule has 2 N–H and O–H groups in total. The molecule has 80 valence electrons. The first kappa shape index (κ1) is 11.0. The molecule has 5 nitrogen and oxygen atoms in total. The molecule has 2 unspecified atom stereocenters. The van der Waals surface area contributed by atoms with Gasteiger partial charge in [0.1, 0.15) is 6.04 Å². The number of carboxylic acid groups (broad SMARTS) is 1. The topological polar surface area (TPSA) is 75.6 Å². The summed E-state index contributed by atoms with van der Waals surface area (Å²) in [5, 5.41) is 10.9. The van der Waals surface area contributed by atoms with E-state index in [1.807, 2.05) is 0 Å². The number of nitrogens with one attached hydrogen (secondary N) is 1. The van der Waals surface area contributed by atoms with Crippen LogP contribution in [0.3, 0.4) is 0 Å². The lowest BCUT2D eigenvalue weighted by molar-refractivity contribution is -0.141. The Bertz CT molecular complexity index is 223.